The van der Waals surface area contributed by atoms with Crippen LogP contribution < -0.4 is 4.74 Å². The van der Waals surface area contributed by atoms with Gasteiger partial charge in [0.05, 0.1) is 19.3 Å². The number of ether oxygens (including phenoxy) is 2. The van der Waals surface area contributed by atoms with E-state index in [1.807, 2.05) is 19.1 Å². The van der Waals surface area contributed by atoms with Crippen LogP contribution in [0.2, 0.25) is 0 Å². The van der Waals surface area contributed by atoms with Gasteiger partial charge in [0.2, 0.25) is 5.82 Å². The number of hydrogen-bond donors (Lipinski definition) is 0. The molecule has 212 valence electrons. The largest absolute Gasteiger partial charge is 0.490 e. The summed E-state index contributed by atoms with van der Waals surface area (Å²) in [7, 11) is 0. The van der Waals surface area contributed by atoms with Gasteiger partial charge in [-0.15, -0.1) is 0 Å². The molecule has 2 nitrogen and oxygen atoms in total. The van der Waals surface area contributed by atoms with Gasteiger partial charge in [0, 0.05) is 11.5 Å². The van der Waals surface area contributed by atoms with Crippen LogP contribution in [-0.4, -0.2) is 19.3 Å². The van der Waals surface area contributed by atoms with Gasteiger partial charge >= 0.3 is 0 Å². The molecule has 1 saturated heterocycles. The van der Waals surface area contributed by atoms with Crippen LogP contribution in [0.4, 0.5) is 8.78 Å². The van der Waals surface area contributed by atoms with Gasteiger partial charge in [-0.25, -0.2) is 4.39 Å². The maximum absolute atomic E-state index is 14.8. The average molecular weight is 537 g/mol. The van der Waals surface area contributed by atoms with Crippen LogP contribution in [0, 0.1) is 35.3 Å². The van der Waals surface area contributed by atoms with Crippen molar-refractivity contribution < 1.29 is 18.3 Å². The molecule has 0 aromatic heterocycles. The highest BCUT2D eigenvalue weighted by atomic mass is 19.2. The quantitative estimate of drug-likeness (QED) is 0.313. The topological polar surface area (TPSA) is 18.5 Å². The smallest absolute Gasteiger partial charge is 0.201 e. The van der Waals surface area contributed by atoms with Crippen molar-refractivity contribution in [2.45, 2.75) is 96.5 Å². The number of rotatable bonds is 8. The van der Waals surface area contributed by atoms with Crippen molar-refractivity contribution in [1.29, 1.82) is 0 Å². The van der Waals surface area contributed by atoms with Crippen LogP contribution in [0.15, 0.2) is 48.6 Å². The van der Waals surface area contributed by atoms with Crippen LogP contribution in [0.1, 0.15) is 96.0 Å². The molecule has 2 aliphatic carbocycles. The van der Waals surface area contributed by atoms with E-state index >= 15 is 0 Å². The van der Waals surface area contributed by atoms with E-state index in [4.69, 9.17) is 9.47 Å². The van der Waals surface area contributed by atoms with Gasteiger partial charge in [-0.2, -0.15) is 4.39 Å². The molecule has 3 aliphatic rings. The predicted octanol–water partition coefficient (Wildman–Crippen LogP) is 9.87. The molecule has 2 atom stereocenters. The van der Waals surface area contributed by atoms with Crippen LogP contribution in [0.25, 0.3) is 11.1 Å². The lowest BCUT2D eigenvalue weighted by atomic mass is 9.67. The molecule has 1 heterocycles. The Kier molecular flexibility index (Phi) is 9.76. The Morgan fingerprint density at radius 1 is 0.795 bits per heavy atom. The van der Waals surface area contributed by atoms with Crippen LogP contribution in [0.5, 0.6) is 5.75 Å². The van der Waals surface area contributed by atoms with Gasteiger partial charge in [0.1, 0.15) is 0 Å². The van der Waals surface area contributed by atoms with Crippen molar-refractivity contribution >= 4 is 0 Å². The number of halogens is 2. The minimum Gasteiger partial charge on any atom is -0.490 e. The Hall–Kier alpha value is -2.20. The normalized spacial score (nSPS) is 29.9. The average Bonchev–Trinajstić information content (AvgIpc) is 2.99. The molecule has 0 N–H and O–H groups in total. The van der Waals surface area contributed by atoms with Crippen molar-refractivity contribution in [2.24, 2.45) is 23.7 Å². The Labute approximate surface area is 234 Å². The summed E-state index contributed by atoms with van der Waals surface area (Å²) in [6.07, 6.45) is 18.7. The first-order valence-electron chi connectivity index (χ1n) is 15.5. The van der Waals surface area contributed by atoms with Crippen molar-refractivity contribution in [3.8, 4) is 16.9 Å². The molecule has 3 fully saturated rings. The number of hydrogen-bond acceptors (Lipinski definition) is 2. The summed E-state index contributed by atoms with van der Waals surface area (Å²) < 4.78 is 40.9. The van der Waals surface area contributed by atoms with E-state index in [0.29, 0.717) is 35.7 Å². The molecule has 5 rings (SSSR count). The first-order chi connectivity index (χ1) is 19.1. The Morgan fingerprint density at radius 3 is 2.08 bits per heavy atom. The molecule has 2 aromatic carbocycles. The molecule has 0 radical (unpaired) electrons. The lowest BCUT2D eigenvalue weighted by molar-refractivity contribution is -0.0518. The van der Waals surface area contributed by atoms with Crippen molar-refractivity contribution in [1.82, 2.24) is 0 Å². The van der Waals surface area contributed by atoms with Gasteiger partial charge in [0.15, 0.2) is 11.6 Å². The fraction of sp³-hybridized carbons (Fsp3) is 0.600. The van der Waals surface area contributed by atoms with Crippen molar-refractivity contribution in [3.05, 3.63) is 65.7 Å². The van der Waals surface area contributed by atoms with Gasteiger partial charge in [0.25, 0.3) is 0 Å². The molecule has 0 amide bonds. The molecule has 0 spiro atoms. The Balaban J connectivity index is 1.10. The maximum Gasteiger partial charge on any atom is 0.201 e. The predicted molar refractivity (Wildman–Crippen MR) is 155 cm³/mol. The van der Waals surface area contributed by atoms with Crippen LogP contribution in [0.3, 0.4) is 0 Å². The van der Waals surface area contributed by atoms with E-state index in [2.05, 4.69) is 31.2 Å². The summed E-state index contributed by atoms with van der Waals surface area (Å²) in [5.74, 6) is 1.95. The lowest BCUT2D eigenvalue weighted by Gasteiger charge is -2.41. The van der Waals surface area contributed by atoms with E-state index in [-0.39, 0.29) is 5.75 Å². The minimum absolute atomic E-state index is 0.0134. The Morgan fingerprint density at radius 2 is 1.46 bits per heavy atom. The summed E-state index contributed by atoms with van der Waals surface area (Å²) in [5, 5.41) is 0. The highest BCUT2D eigenvalue weighted by molar-refractivity contribution is 5.65. The fourth-order valence-electron chi connectivity index (χ4n) is 7.51. The van der Waals surface area contributed by atoms with E-state index < -0.39 is 11.6 Å². The second kappa shape index (κ2) is 13.4. The Bertz CT molecular complexity index is 1070. The highest BCUT2D eigenvalue weighted by Crippen LogP contribution is 2.45. The van der Waals surface area contributed by atoms with Crippen LogP contribution >= 0.6 is 0 Å². The van der Waals surface area contributed by atoms with Gasteiger partial charge < -0.3 is 9.47 Å². The molecule has 1 aliphatic heterocycles. The third kappa shape index (κ3) is 6.76. The van der Waals surface area contributed by atoms with Gasteiger partial charge in [-0.1, -0.05) is 43.3 Å². The van der Waals surface area contributed by atoms with E-state index in [0.717, 1.165) is 30.8 Å². The van der Waals surface area contributed by atoms with Crippen LogP contribution in [-0.2, 0) is 4.74 Å². The zero-order valence-corrected chi connectivity index (χ0v) is 23.8. The van der Waals surface area contributed by atoms with E-state index in [1.165, 1.54) is 75.8 Å². The molecule has 39 heavy (non-hydrogen) atoms. The molecule has 2 saturated carbocycles. The van der Waals surface area contributed by atoms with E-state index in [1.54, 1.807) is 6.07 Å². The number of allylic oxidation sites excluding steroid dienone is 1. The molecule has 2 unspecified atom stereocenters. The summed E-state index contributed by atoms with van der Waals surface area (Å²) in [4.78, 5) is 0. The second-order valence-corrected chi connectivity index (χ2v) is 12.2. The standard InChI is InChI=1S/C35H46F2O2/c1-3-5-24-6-20-32(39-23-24)30-17-13-28(14-18-30)26-9-7-25(8-10-26)27-11-15-29(16-12-27)31-19-21-33(38-22-4-2)35(37)34(31)36/h3,5,11-12,15-16,19,21,24-26,28,30,32H,4,6-10,13-14,17-18,20,22-23H2,1-2H3. The van der Waals surface area contributed by atoms with Crippen molar-refractivity contribution in [3.63, 3.8) is 0 Å². The third-order valence-corrected chi connectivity index (χ3v) is 9.79. The molecule has 0 bridgehead atoms. The summed E-state index contributed by atoms with van der Waals surface area (Å²) >= 11 is 0. The zero-order chi connectivity index (χ0) is 27.2. The summed E-state index contributed by atoms with van der Waals surface area (Å²) in [5.41, 5.74) is 2.33. The van der Waals surface area contributed by atoms with Crippen molar-refractivity contribution in [2.75, 3.05) is 13.2 Å². The summed E-state index contributed by atoms with van der Waals surface area (Å²) in [6, 6.07) is 11.3. The maximum atomic E-state index is 14.8. The molecule has 4 heteroatoms. The second-order valence-electron chi connectivity index (χ2n) is 12.2. The molecule has 2 aromatic rings. The first kappa shape index (κ1) is 28.3. The highest BCUT2D eigenvalue weighted by Gasteiger charge is 2.35. The van der Waals surface area contributed by atoms with E-state index in [9.17, 15) is 8.78 Å². The minimum atomic E-state index is -0.901. The molecular formula is C35H46F2O2. The fourth-order valence-corrected chi connectivity index (χ4v) is 7.51. The molecular weight excluding hydrogens is 490 g/mol. The first-order valence-corrected chi connectivity index (χ1v) is 15.5. The van der Waals surface area contributed by atoms with Gasteiger partial charge in [-0.05, 0) is 124 Å². The monoisotopic (exact) mass is 536 g/mol. The SMILES string of the molecule is CC=CC1CCC(C2CCC(C3CCC(c4ccc(-c5ccc(OCCC)c(F)c5F)cc4)CC3)CC2)OC1. The number of benzene rings is 2. The lowest BCUT2D eigenvalue weighted by Crippen LogP contribution is -2.35. The zero-order valence-electron chi connectivity index (χ0n) is 23.8. The third-order valence-electron chi connectivity index (χ3n) is 9.79. The summed E-state index contributed by atoms with van der Waals surface area (Å²) in [6.45, 7) is 5.33. The van der Waals surface area contributed by atoms with Gasteiger partial charge in [-0.3, -0.25) is 0 Å².